The van der Waals surface area contributed by atoms with Crippen LogP contribution >= 0.6 is 0 Å². The second kappa shape index (κ2) is 9.01. The summed E-state index contributed by atoms with van der Waals surface area (Å²) >= 11 is 0. The van der Waals surface area contributed by atoms with Crippen LogP contribution in [0.15, 0.2) is 11.6 Å². The van der Waals surface area contributed by atoms with E-state index in [1.54, 1.807) is 6.92 Å². The molecule has 39 heavy (non-hydrogen) atoms. The first-order valence-corrected chi connectivity index (χ1v) is 15.1. The summed E-state index contributed by atoms with van der Waals surface area (Å²) in [4.78, 5) is 51.6. The Bertz CT molecular complexity index is 1130. The third-order valence-corrected chi connectivity index (χ3v) is 13.6. The lowest BCUT2D eigenvalue weighted by atomic mass is 9.33. The number of ketones is 1. The summed E-state index contributed by atoms with van der Waals surface area (Å²) in [6.45, 7) is 14.9. The van der Waals surface area contributed by atoms with Crippen LogP contribution in [0.25, 0.3) is 0 Å². The number of Topliss-reactive ketones (excluding diaryl/α,β-unsaturated/α-hetero) is 1. The van der Waals surface area contributed by atoms with E-state index >= 15 is 0 Å². The predicted molar refractivity (Wildman–Crippen MR) is 147 cm³/mol. The molecule has 0 N–H and O–H groups in total. The fourth-order valence-electron chi connectivity index (χ4n) is 11.1. The van der Waals surface area contributed by atoms with Crippen molar-refractivity contribution in [1.82, 2.24) is 0 Å². The van der Waals surface area contributed by atoms with Crippen LogP contribution < -0.4 is 0 Å². The van der Waals surface area contributed by atoms with Crippen LogP contribution in [-0.4, -0.2) is 37.2 Å². The second-order valence-electron chi connectivity index (χ2n) is 14.9. The van der Waals surface area contributed by atoms with Gasteiger partial charge in [0, 0.05) is 6.92 Å². The minimum Gasteiger partial charge on any atom is -0.469 e. The van der Waals surface area contributed by atoms with Crippen molar-refractivity contribution in [2.45, 2.75) is 106 Å². The average molecular weight is 541 g/mol. The summed E-state index contributed by atoms with van der Waals surface area (Å²) in [5.74, 6) is 0.447. The van der Waals surface area contributed by atoms with Gasteiger partial charge < -0.3 is 14.3 Å². The van der Waals surface area contributed by atoms with Gasteiger partial charge in [-0.05, 0) is 104 Å². The summed E-state index contributed by atoms with van der Waals surface area (Å²) in [5, 5.41) is 0. The van der Waals surface area contributed by atoms with Gasteiger partial charge in [-0.15, -0.1) is 0 Å². The van der Waals surface area contributed by atoms with E-state index in [2.05, 4.69) is 40.7 Å². The van der Waals surface area contributed by atoms with Crippen molar-refractivity contribution in [3.8, 4) is 0 Å². The molecule has 5 rings (SSSR count). The number of fused-ring (bicyclic) bond motifs is 7. The van der Waals surface area contributed by atoms with E-state index in [0.717, 1.165) is 51.2 Å². The van der Waals surface area contributed by atoms with Crippen molar-refractivity contribution in [2.24, 2.45) is 56.7 Å². The lowest BCUT2D eigenvalue weighted by Gasteiger charge is -2.70. The smallest absolute Gasteiger partial charge is 0.312 e. The number of allylic oxidation sites excluding steroid dienone is 2. The number of esters is 2. The molecule has 4 fully saturated rings. The first-order chi connectivity index (χ1) is 18.2. The first kappa shape index (κ1) is 28.5. The lowest BCUT2D eigenvalue weighted by Crippen LogP contribution is -2.67. The van der Waals surface area contributed by atoms with Crippen molar-refractivity contribution < 1.29 is 28.7 Å². The Kier molecular flexibility index (Phi) is 6.59. The normalized spacial score (nSPS) is 50.8. The largest absolute Gasteiger partial charge is 0.469 e. The summed E-state index contributed by atoms with van der Waals surface area (Å²) in [6.07, 6.45) is 9.11. The van der Waals surface area contributed by atoms with E-state index in [4.69, 9.17) is 9.47 Å². The molecule has 11 atom stereocenters. The predicted octanol–water partition coefficient (Wildman–Crippen LogP) is 6.11. The molecular formula is C33H48O6. The van der Waals surface area contributed by atoms with Gasteiger partial charge in [-0.1, -0.05) is 46.3 Å². The Morgan fingerprint density at radius 3 is 2.31 bits per heavy atom. The highest BCUT2D eigenvalue weighted by molar-refractivity contribution is 6.02. The van der Waals surface area contributed by atoms with Crippen molar-refractivity contribution in [3.63, 3.8) is 0 Å². The Hall–Kier alpha value is -1.98. The molecule has 0 aromatic carbocycles. The molecule has 5 aliphatic rings. The number of ether oxygens (including phenoxy) is 2. The molecule has 0 spiro atoms. The van der Waals surface area contributed by atoms with E-state index in [1.807, 2.05) is 0 Å². The molecule has 0 amide bonds. The maximum atomic E-state index is 13.5. The monoisotopic (exact) mass is 540 g/mol. The molecule has 6 heteroatoms. The van der Waals surface area contributed by atoms with Crippen LogP contribution in [0.2, 0.25) is 0 Å². The Morgan fingerprint density at radius 2 is 1.69 bits per heavy atom. The summed E-state index contributed by atoms with van der Waals surface area (Å²) in [6, 6.07) is 0. The van der Waals surface area contributed by atoms with Crippen molar-refractivity contribution in [3.05, 3.63) is 11.6 Å². The van der Waals surface area contributed by atoms with Gasteiger partial charge in [-0.3, -0.25) is 14.4 Å². The molecule has 0 radical (unpaired) electrons. The van der Waals surface area contributed by atoms with Crippen LogP contribution in [0.4, 0.5) is 0 Å². The quantitative estimate of drug-likeness (QED) is 0.186. The second-order valence-corrected chi connectivity index (χ2v) is 14.9. The molecule has 5 aliphatic carbocycles. The molecule has 0 heterocycles. The Morgan fingerprint density at radius 1 is 1.00 bits per heavy atom. The molecule has 6 nitrogen and oxygen atoms in total. The van der Waals surface area contributed by atoms with E-state index in [0.29, 0.717) is 18.3 Å². The highest BCUT2D eigenvalue weighted by atomic mass is 16.5. The number of hydrogen-bond donors (Lipinski definition) is 0. The lowest BCUT2D eigenvalue weighted by molar-refractivity contribution is -0.206. The molecule has 0 aromatic rings. The van der Waals surface area contributed by atoms with Crippen LogP contribution in [0.5, 0.6) is 0 Å². The SMILES string of the molecule is COC(=O)[C@]12CC[C@@H](C)[C@H](C)[C@H]1C1=CC[C@@H]3[C@@]4(C)C[C@@H](OC(C)=O)C(=O)C(C)(C=O)C4CC[C@@]3(C)[C@]1(C)CC2. The van der Waals surface area contributed by atoms with Crippen LogP contribution in [0.3, 0.4) is 0 Å². The van der Waals surface area contributed by atoms with Gasteiger partial charge in [0.25, 0.3) is 0 Å². The summed E-state index contributed by atoms with van der Waals surface area (Å²) in [5.41, 5.74) is -0.697. The van der Waals surface area contributed by atoms with E-state index in [1.165, 1.54) is 19.6 Å². The number of aldehydes is 1. The van der Waals surface area contributed by atoms with Crippen molar-refractivity contribution in [2.75, 3.05) is 7.11 Å². The maximum Gasteiger partial charge on any atom is 0.312 e. The van der Waals surface area contributed by atoms with Gasteiger partial charge in [0.15, 0.2) is 11.9 Å². The fourth-order valence-corrected chi connectivity index (χ4v) is 11.1. The van der Waals surface area contributed by atoms with Gasteiger partial charge in [-0.25, -0.2) is 0 Å². The number of carbonyl (C=O) groups excluding carboxylic acids is 4. The zero-order chi connectivity index (χ0) is 28.8. The molecule has 216 valence electrons. The van der Waals surface area contributed by atoms with Gasteiger partial charge in [0.05, 0.1) is 17.9 Å². The third kappa shape index (κ3) is 3.51. The molecule has 0 aromatic heterocycles. The number of methoxy groups -OCH3 is 1. The highest BCUT2D eigenvalue weighted by Gasteiger charge is 2.71. The molecule has 2 unspecified atom stereocenters. The fraction of sp³-hybridized carbons (Fsp3) is 0.818. The van der Waals surface area contributed by atoms with Crippen molar-refractivity contribution >= 4 is 24.0 Å². The molecule has 0 aliphatic heterocycles. The van der Waals surface area contributed by atoms with Gasteiger partial charge in [0.1, 0.15) is 6.29 Å². The maximum absolute atomic E-state index is 13.5. The van der Waals surface area contributed by atoms with Gasteiger partial charge >= 0.3 is 11.9 Å². The van der Waals surface area contributed by atoms with Gasteiger partial charge in [0.2, 0.25) is 0 Å². The van der Waals surface area contributed by atoms with Crippen LogP contribution in [0, 0.1) is 56.7 Å². The van der Waals surface area contributed by atoms with Gasteiger partial charge in [-0.2, -0.15) is 0 Å². The van der Waals surface area contributed by atoms with E-state index in [-0.39, 0.29) is 45.8 Å². The summed E-state index contributed by atoms with van der Waals surface area (Å²) < 4.78 is 11.1. The average Bonchev–Trinajstić information content (AvgIpc) is 2.88. The minimum absolute atomic E-state index is 0.0473. The van der Waals surface area contributed by atoms with Crippen molar-refractivity contribution in [1.29, 1.82) is 0 Å². The number of hydrogen-bond acceptors (Lipinski definition) is 6. The number of rotatable bonds is 3. The summed E-state index contributed by atoms with van der Waals surface area (Å²) in [7, 11) is 1.54. The molecular weight excluding hydrogens is 492 g/mol. The first-order valence-electron chi connectivity index (χ1n) is 15.1. The zero-order valence-corrected chi connectivity index (χ0v) is 25.2. The van der Waals surface area contributed by atoms with E-state index in [9.17, 15) is 19.2 Å². The molecule has 0 saturated heterocycles. The molecule has 4 saturated carbocycles. The Balaban J connectivity index is 1.63. The third-order valence-electron chi connectivity index (χ3n) is 13.6. The van der Waals surface area contributed by atoms with E-state index < -0.39 is 22.9 Å². The highest BCUT2D eigenvalue weighted by Crippen LogP contribution is 2.75. The number of carbonyl (C=O) groups is 4. The van der Waals surface area contributed by atoms with Crippen LogP contribution in [0.1, 0.15) is 99.8 Å². The standard InChI is InChI=1S/C33H48O6/c1-19-11-14-33(28(37)38-8)16-15-31(6)22(26(33)20(19)2)9-10-25-29(4)17-23(39-21(3)35)27(36)30(5,18-34)24(29)12-13-32(25,31)7/h9,18-20,23-26H,10-17H2,1-8H3/t19-,20+,23-,24?,25-,26+,29+,30?,31-,32-,33+/m1/s1. The molecule has 0 bridgehead atoms. The Labute approximate surface area is 234 Å². The van der Waals surface area contributed by atoms with Crippen LogP contribution in [-0.2, 0) is 28.7 Å². The zero-order valence-electron chi connectivity index (χ0n) is 25.2. The minimum atomic E-state index is -1.17. The topological polar surface area (TPSA) is 86.7 Å².